The third-order valence-electron chi connectivity index (χ3n) is 3.87. The molecule has 0 rings (SSSR count). The molecule has 20 heavy (non-hydrogen) atoms. The van der Waals surface area contributed by atoms with E-state index in [9.17, 15) is 0 Å². The topological polar surface area (TPSA) is 57.0 Å². The van der Waals surface area contributed by atoms with Crippen LogP contribution in [0.2, 0.25) is 0 Å². The van der Waals surface area contributed by atoms with E-state index in [1.165, 1.54) is 0 Å². The number of hydrogen-bond acceptors (Lipinski definition) is 5. The second-order valence-electron chi connectivity index (χ2n) is 5.28. The Balaban J connectivity index is 4.86. The molecule has 0 aliphatic heterocycles. The molecule has 0 bridgehead atoms. The van der Waals surface area contributed by atoms with Crippen LogP contribution in [0.3, 0.4) is 0 Å². The minimum atomic E-state index is -0.164. The lowest BCUT2D eigenvalue weighted by Gasteiger charge is -2.46. The molecular weight excluding hydrogens is 256 g/mol. The maximum absolute atomic E-state index is 6.10. The second kappa shape index (κ2) is 11.5. The van der Waals surface area contributed by atoms with Crippen molar-refractivity contribution in [2.45, 2.75) is 33.2 Å². The van der Waals surface area contributed by atoms with Gasteiger partial charge in [-0.2, -0.15) is 0 Å². The summed E-state index contributed by atoms with van der Waals surface area (Å²) >= 11 is 0. The van der Waals surface area contributed by atoms with Crippen molar-refractivity contribution in [2.24, 2.45) is 11.7 Å². The van der Waals surface area contributed by atoms with E-state index in [0.29, 0.717) is 32.3 Å². The molecule has 0 fully saturated rings. The zero-order valence-electron chi connectivity index (χ0n) is 14.0. The third-order valence-corrected chi connectivity index (χ3v) is 3.87. The number of nitrogens with two attached hydrogens (primary N) is 1. The molecule has 0 radical (unpaired) electrons. The van der Waals surface area contributed by atoms with Gasteiger partial charge in [-0.3, -0.25) is 4.90 Å². The number of hydrogen-bond donors (Lipinski definition) is 1. The minimum Gasteiger partial charge on any atom is -0.383 e. The maximum Gasteiger partial charge on any atom is 0.0661 e. The van der Waals surface area contributed by atoms with E-state index in [1.54, 1.807) is 7.11 Å². The molecule has 0 aliphatic carbocycles. The molecule has 1 atom stereocenters. The predicted octanol–water partition coefficient (Wildman–Crippen LogP) is 1.36. The molecule has 1 unspecified atom stereocenters. The van der Waals surface area contributed by atoms with Gasteiger partial charge < -0.3 is 19.9 Å². The van der Waals surface area contributed by atoms with Crippen molar-refractivity contribution in [3.05, 3.63) is 0 Å². The van der Waals surface area contributed by atoms with E-state index in [4.69, 9.17) is 19.9 Å². The van der Waals surface area contributed by atoms with Crippen molar-refractivity contribution < 1.29 is 14.2 Å². The van der Waals surface area contributed by atoms with Crippen molar-refractivity contribution >= 4 is 0 Å². The van der Waals surface area contributed by atoms with Gasteiger partial charge in [0.15, 0.2) is 0 Å². The number of ether oxygens (including phenoxy) is 3. The smallest absolute Gasteiger partial charge is 0.0661 e. The van der Waals surface area contributed by atoms with Gasteiger partial charge in [-0.15, -0.1) is 0 Å². The van der Waals surface area contributed by atoms with Gasteiger partial charge in [0.25, 0.3) is 0 Å². The van der Waals surface area contributed by atoms with Gasteiger partial charge in [0.1, 0.15) is 0 Å². The van der Waals surface area contributed by atoms with E-state index in [2.05, 4.69) is 18.7 Å². The Labute approximate surface area is 124 Å². The average molecular weight is 290 g/mol. The second-order valence-corrected chi connectivity index (χ2v) is 5.28. The number of nitrogens with zero attached hydrogens (tertiary/aromatic N) is 1. The first-order valence-electron chi connectivity index (χ1n) is 7.68. The summed E-state index contributed by atoms with van der Waals surface area (Å²) in [4.78, 5) is 2.37. The van der Waals surface area contributed by atoms with E-state index < -0.39 is 0 Å². The molecular formula is C15H34N2O3. The summed E-state index contributed by atoms with van der Waals surface area (Å²) in [5.74, 6) is 0.399. The molecule has 5 nitrogen and oxygen atoms in total. The van der Waals surface area contributed by atoms with Crippen molar-refractivity contribution in [1.82, 2.24) is 4.90 Å². The van der Waals surface area contributed by atoms with E-state index in [1.807, 2.05) is 13.8 Å². The van der Waals surface area contributed by atoms with Gasteiger partial charge in [0.2, 0.25) is 0 Å². The summed E-state index contributed by atoms with van der Waals surface area (Å²) in [6.45, 7) is 14.2. The van der Waals surface area contributed by atoms with Crippen LogP contribution in [0.15, 0.2) is 0 Å². The first-order chi connectivity index (χ1) is 9.58. The highest BCUT2D eigenvalue weighted by Crippen LogP contribution is 2.24. The molecule has 0 heterocycles. The highest BCUT2D eigenvalue weighted by atomic mass is 16.5. The monoisotopic (exact) mass is 290 g/mol. The summed E-state index contributed by atoms with van der Waals surface area (Å²) in [7, 11) is 1.73. The largest absolute Gasteiger partial charge is 0.383 e. The summed E-state index contributed by atoms with van der Waals surface area (Å²) in [6.07, 6.45) is 0. The fourth-order valence-corrected chi connectivity index (χ4v) is 2.49. The summed E-state index contributed by atoms with van der Waals surface area (Å²) in [5.41, 5.74) is 5.94. The molecule has 0 amide bonds. The Morgan fingerprint density at radius 2 is 1.55 bits per heavy atom. The Kier molecular flexibility index (Phi) is 11.3. The highest BCUT2D eigenvalue weighted by Gasteiger charge is 2.38. The average Bonchev–Trinajstić information content (AvgIpc) is 2.43. The minimum absolute atomic E-state index is 0.164. The number of rotatable bonds is 13. The molecule has 2 N–H and O–H groups in total. The third kappa shape index (κ3) is 6.06. The van der Waals surface area contributed by atoms with Crippen LogP contribution in [-0.4, -0.2) is 70.2 Å². The van der Waals surface area contributed by atoms with Gasteiger partial charge in [-0.1, -0.05) is 13.8 Å². The predicted molar refractivity (Wildman–Crippen MR) is 83.1 cm³/mol. The zero-order chi connectivity index (χ0) is 15.4. The lowest BCUT2D eigenvalue weighted by atomic mass is 9.85. The van der Waals surface area contributed by atoms with Gasteiger partial charge in [-0.25, -0.2) is 0 Å². The fraction of sp³-hybridized carbons (Fsp3) is 1.00. The van der Waals surface area contributed by atoms with Crippen LogP contribution in [-0.2, 0) is 14.2 Å². The molecule has 0 aromatic heterocycles. The lowest BCUT2D eigenvalue weighted by Crippen LogP contribution is -2.61. The maximum atomic E-state index is 6.10. The molecule has 0 aliphatic rings. The zero-order valence-corrected chi connectivity index (χ0v) is 14.0. The Morgan fingerprint density at radius 3 is 1.85 bits per heavy atom. The Hall–Kier alpha value is -0.200. The van der Waals surface area contributed by atoms with Crippen LogP contribution in [0.1, 0.15) is 27.7 Å². The SMILES string of the molecule is CCOCCN(CCOCC)C(CN)(COC)C(C)C. The summed E-state index contributed by atoms with van der Waals surface area (Å²) in [5, 5.41) is 0. The molecule has 0 saturated carbocycles. The highest BCUT2D eigenvalue weighted by molar-refractivity contribution is 4.94. The first-order valence-corrected chi connectivity index (χ1v) is 7.68. The molecule has 5 heteroatoms. The van der Waals surface area contributed by atoms with E-state index >= 15 is 0 Å². The first kappa shape index (κ1) is 19.8. The van der Waals surface area contributed by atoms with Crippen LogP contribution in [0.25, 0.3) is 0 Å². The Bertz CT molecular complexity index is 217. The van der Waals surface area contributed by atoms with Crippen molar-refractivity contribution in [2.75, 3.05) is 59.8 Å². The lowest BCUT2D eigenvalue weighted by molar-refractivity contribution is -0.0411. The van der Waals surface area contributed by atoms with E-state index in [-0.39, 0.29) is 5.54 Å². The molecule has 0 spiro atoms. The molecule has 122 valence electrons. The molecule has 0 aromatic rings. The van der Waals surface area contributed by atoms with Gasteiger partial charge in [0, 0.05) is 40.0 Å². The summed E-state index contributed by atoms with van der Waals surface area (Å²) in [6, 6.07) is 0. The van der Waals surface area contributed by atoms with Gasteiger partial charge in [-0.05, 0) is 19.8 Å². The van der Waals surface area contributed by atoms with Crippen LogP contribution in [0, 0.1) is 5.92 Å². The fourth-order valence-electron chi connectivity index (χ4n) is 2.49. The molecule has 0 aromatic carbocycles. The molecule has 0 saturated heterocycles. The van der Waals surface area contributed by atoms with Crippen LogP contribution < -0.4 is 5.73 Å². The van der Waals surface area contributed by atoms with Gasteiger partial charge in [0.05, 0.1) is 25.4 Å². The summed E-state index contributed by atoms with van der Waals surface area (Å²) < 4.78 is 16.5. The van der Waals surface area contributed by atoms with Crippen LogP contribution >= 0.6 is 0 Å². The van der Waals surface area contributed by atoms with Crippen LogP contribution in [0.4, 0.5) is 0 Å². The van der Waals surface area contributed by atoms with Crippen molar-refractivity contribution in [3.63, 3.8) is 0 Å². The standard InChI is InChI=1S/C15H34N2O3/c1-6-19-10-8-17(9-11-20-7-2)15(12-16,13-18-5)14(3)4/h14H,6-13,16H2,1-5H3. The quantitative estimate of drug-likeness (QED) is 0.519. The normalized spacial score (nSPS) is 15.0. The van der Waals surface area contributed by atoms with Crippen LogP contribution in [0.5, 0.6) is 0 Å². The number of methoxy groups -OCH3 is 1. The van der Waals surface area contributed by atoms with Crippen molar-refractivity contribution in [3.8, 4) is 0 Å². The Morgan fingerprint density at radius 1 is 1.05 bits per heavy atom. The van der Waals surface area contributed by atoms with Crippen molar-refractivity contribution in [1.29, 1.82) is 0 Å². The van der Waals surface area contributed by atoms with E-state index in [0.717, 1.165) is 26.3 Å². The van der Waals surface area contributed by atoms with Gasteiger partial charge >= 0.3 is 0 Å².